The number of esters is 1. The number of piperidine rings is 1. The van der Waals surface area contributed by atoms with Crippen molar-refractivity contribution in [1.29, 1.82) is 0 Å². The Kier molecular flexibility index (Phi) is 12.1. The third-order valence-corrected chi connectivity index (χ3v) is 6.36. The van der Waals surface area contributed by atoms with E-state index in [4.69, 9.17) is 9.47 Å². The largest absolute Gasteiger partial charge is 0.465 e. The number of carbonyl (C=O) groups is 2. The first kappa shape index (κ1) is 27.0. The number of rotatable bonds is 13. The van der Waals surface area contributed by atoms with Gasteiger partial charge in [0.05, 0.1) is 12.5 Å². The lowest BCUT2D eigenvalue weighted by Crippen LogP contribution is -2.44. The first-order valence-corrected chi connectivity index (χ1v) is 12.9. The van der Waals surface area contributed by atoms with Crippen LogP contribution in [-0.4, -0.2) is 42.3 Å². The molecular weight excluding hydrogens is 414 g/mol. The van der Waals surface area contributed by atoms with Crippen molar-refractivity contribution in [1.82, 2.24) is 4.90 Å². The summed E-state index contributed by atoms with van der Waals surface area (Å²) in [4.78, 5) is 26.8. The second kappa shape index (κ2) is 14.8. The molecular formula is C28H43NO4. The van der Waals surface area contributed by atoms with Gasteiger partial charge in [-0.1, -0.05) is 75.9 Å². The smallest absolute Gasteiger partial charge is 0.410 e. The number of likely N-dealkylation sites (tertiary alicyclic amines) is 1. The summed E-state index contributed by atoms with van der Waals surface area (Å²) in [6.07, 6.45) is 19.3. The van der Waals surface area contributed by atoms with E-state index in [2.05, 4.69) is 18.8 Å². The molecule has 0 radical (unpaired) electrons. The lowest BCUT2D eigenvalue weighted by atomic mass is 9.92. The standard InChI is InChI=1S/C28H43NO4/c1-4-5-6-7-8-9-12-15-22-32-26(30)25-18-20-29(21-19-25)27(31)33-28(2,3)23-24-16-13-10-11-14-17-24/h13-14,16-17,24-25H,4-9,12,15,18-23H2,1-3H3. The highest BCUT2D eigenvalue weighted by molar-refractivity contribution is 5.73. The van der Waals surface area contributed by atoms with Crippen LogP contribution in [0.4, 0.5) is 4.79 Å². The number of ether oxygens (including phenoxy) is 2. The minimum atomic E-state index is -0.591. The Morgan fingerprint density at radius 1 is 0.939 bits per heavy atom. The zero-order valence-corrected chi connectivity index (χ0v) is 20.9. The Morgan fingerprint density at radius 3 is 2.12 bits per heavy atom. The van der Waals surface area contributed by atoms with Crippen molar-refractivity contribution in [2.75, 3.05) is 19.7 Å². The van der Waals surface area contributed by atoms with Crippen LogP contribution in [0, 0.1) is 23.7 Å². The van der Waals surface area contributed by atoms with Crippen molar-refractivity contribution in [3.8, 4) is 11.8 Å². The van der Waals surface area contributed by atoms with Crippen molar-refractivity contribution in [3.63, 3.8) is 0 Å². The lowest BCUT2D eigenvalue weighted by Gasteiger charge is -2.34. The van der Waals surface area contributed by atoms with E-state index in [1.807, 2.05) is 38.2 Å². The number of unbranched alkanes of at least 4 members (excludes halogenated alkanes) is 7. The van der Waals surface area contributed by atoms with Crippen LogP contribution >= 0.6 is 0 Å². The summed E-state index contributed by atoms with van der Waals surface area (Å²) in [6.45, 7) is 7.68. The lowest BCUT2D eigenvalue weighted by molar-refractivity contribution is -0.150. The summed E-state index contributed by atoms with van der Waals surface area (Å²) < 4.78 is 11.3. The number of hydrogen-bond acceptors (Lipinski definition) is 4. The van der Waals surface area contributed by atoms with Gasteiger partial charge in [-0.25, -0.2) is 4.79 Å². The maximum absolute atomic E-state index is 12.7. The van der Waals surface area contributed by atoms with Crippen LogP contribution in [0.15, 0.2) is 24.3 Å². The highest BCUT2D eigenvalue weighted by atomic mass is 16.6. The van der Waals surface area contributed by atoms with Crippen molar-refractivity contribution < 1.29 is 19.1 Å². The molecule has 33 heavy (non-hydrogen) atoms. The monoisotopic (exact) mass is 457 g/mol. The molecule has 0 bridgehead atoms. The molecule has 1 heterocycles. The van der Waals surface area contributed by atoms with Gasteiger partial charge in [0.2, 0.25) is 0 Å². The van der Waals surface area contributed by atoms with Crippen LogP contribution in [0.3, 0.4) is 0 Å². The number of hydrogen-bond donors (Lipinski definition) is 0. The molecule has 2 rings (SSSR count). The van der Waals surface area contributed by atoms with Crippen molar-refractivity contribution in [2.24, 2.45) is 11.8 Å². The SMILES string of the molecule is CCCCCCCCCCOC(=O)C1CCN(C(=O)OC(C)(C)CC2C=CC#CC=C2)CC1. The van der Waals surface area contributed by atoms with Crippen LogP contribution in [0.25, 0.3) is 0 Å². The van der Waals surface area contributed by atoms with Gasteiger partial charge in [-0.05, 0) is 51.7 Å². The Morgan fingerprint density at radius 2 is 1.52 bits per heavy atom. The van der Waals surface area contributed by atoms with E-state index in [-0.39, 0.29) is 23.9 Å². The molecule has 0 atom stereocenters. The van der Waals surface area contributed by atoms with E-state index in [0.717, 1.165) is 12.8 Å². The average Bonchev–Trinajstić information content (AvgIpc) is 3.05. The quantitative estimate of drug-likeness (QED) is 0.182. The van der Waals surface area contributed by atoms with Crippen LogP contribution in [0.1, 0.15) is 91.4 Å². The molecule has 2 aliphatic rings. The first-order valence-electron chi connectivity index (χ1n) is 12.9. The third-order valence-electron chi connectivity index (χ3n) is 6.36. The van der Waals surface area contributed by atoms with E-state index >= 15 is 0 Å². The number of nitrogens with zero attached hydrogens (tertiary/aromatic N) is 1. The van der Waals surface area contributed by atoms with Gasteiger partial charge in [0, 0.05) is 19.0 Å². The minimum absolute atomic E-state index is 0.111. The van der Waals surface area contributed by atoms with Crippen molar-refractivity contribution in [3.05, 3.63) is 24.3 Å². The van der Waals surface area contributed by atoms with Crippen LogP contribution in [-0.2, 0) is 14.3 Å². The molecule has 0 spiro atoms. The van der Waals surface area contributed by atoms with Gasteiger partial charge in [-0.3, -0.25) is 4.79 Å². The summed E-state index contributed by atoms with van der Waals surface area (Å²) in [6, 6.07) is 0. The summed E-state index contributed by atoms with van der Waals surface area (Å²) >= 11 is 0. The van der Waals surface area contributed by atoms with Gasteiger partial charge >= 0.3 is 12.1 Å². The van der Waals surface area contributed by atoms with E-state index in [9.17, 15) is 9.59 Å². The second-order valence-electron chi connectivity index (χ2n) is 9.91. The van der Waals surface area contributed by atoms with Gasteiger partial charge in [0.15, 0.2) is 0 Å². The van der Waals surface area contributed by atoms with Gasteiger partial charge < -0.3 is 14.4 Å². The molecule has 0 unspecified atom stereocenters. The average molecular weight is 458 g/mol. The Hall–Kier alpha value is -2.22. The van der Waals surface area contributed by atoms with Crippen molar-refractivity contribution >= 4 is 12.1 Å². The summed E-state index contributed by atoms with van der Waals surface area (Å²) in [5, 5.41) is 0. The fourth-order valence-corrected chi connectivity index (χ4v) is 4.37. The number of amides is 1. The molecule has 1 amide bonds. The maximum atomic E-state index is 12.7. The normalized spacial score (nSPS) is 16.8. The second-order valence-corrected chi connectivity index (χ2v) is 9.91. The van der Waals surface area contributed by atoms with Crippen LogP contribution in [0.5, 0.6) is 0 Å². The fourth-order valence-electron chi connectivity index (χ4n) is 4.37. The molecule has 1 aliphatic carbocycles. The van der Waals surface area contributed by atoms with E-state index in [0.29, 0.717) is 39.0 Å². The topological polar surface area (TPSA) is 55.8 Å². The highest BCUT2D eigenvalue weighted by Crippen LogP contribution is 2.26. The summed E-state index contributed by atoms with van der Waals surface area (Å²) in [5.41, 5.74) is -0.591. The molecule has 184 valence electrons. The summed E-state index contributed by atoms with van der Waals surface area (Å²) in [5.74, 6) is 5.81. The van der Waals surface area contributed by atoms with E-state index < -0.39 is 5.60 Å². The molecule has 0 aromatic carbocycles. The zero-order valence-electron chi connectivity index (χ0n) is 20.9. The highest BCUT2D eigenvalue weighted by Gasteiger charge is 2.32. The van der Waals surface area contributed by atoms with Gasteiger partial charge in [0.1, 0.15) is 5.60 Å². The van der Waals surface area contributed by atoms with Crippen molar-refractivity contribution in [2.45, 2.75) is 97.0 Å². The molecule has 0 aromatic rings. The van der Waals surface area contributed by atoms with Crippen LogP contribution in [0.2, 0.25) is 0 Å². The minimum Gasteiger partial charge on any atom is -0.465 e. The molecule has 1 aliphatic heterocycles. The Labute approximate surface area is 201 Å². The van der Waals surface area contributed by atoms with Gasteiger partial charge in [0.25, 0.3) is 0 Å². The van der Waals surface area contributed by atoms with Gasteiger partial charge in [-0.2, -0.15) is 0 Å². The third kappa shape index (κ3) is 11.0. The van der Waals surface area contributed by atoms with Crippen LogP contribution < -0.4 is 0 Å². The first-order chi connectivity index (χ1) is 15.9. The molecule has 0 N–H and O–H groups in total. The Balaban J connectivity index is 1.60. The molecule has 0 aromatic heterocycles. The molecule has 5 heteroatoms. The van der Waals surface area contributed by atoms with E-state index in [1.165, 1.54) is 38.5 Å². The number of carbonyl (C=O) groups excluding carboxylic acids is 2. The molecule has 1 saturated heterocycles. The zero-order chi connectivity index (χ0) is 23.9. The maximum Gasteiger partial charge on any atom is 0.410 e. The predicted octanol–water partition coefficient (Wildman–Crippen LogP) is 6.43. The molecule has 5 nitrogen and oxygen atoms in total. The van der Waals surface area contributed by atoms with E-state index in [1.54, 1.807) is 4.90 Å². The number of allylic oxidation sites excluding steroid dienone is 4. The summed E-state index contributed by atoms with van der Waals surface area (Å²) in [7, 11) is 0. The van der Waals surface area contributed by atoms with Gasteiger partial charge in [-0.15, -0.1) is 0 Å². The molecule has 1 fully saturated rings. The fraction of sp³-hybridized carbons (Fsp3) is 0.714. The predicted molar refractivity (Wildman–Crippen MR) is 133 cm³/mol. The Bertz CT molecular complexity index is 702. The molecule has 0 saturated carbocycles.